The summed E-state index contributed by atoms with van der Waals surface area (Å²) in [4.78, 5) is 23.8. The van der Waals surface area contributed by atoms with Crippen LogP contribution in [0, 0.1) is 0 Å². The minimum Gasteiger partial charge on any atom is -0.492 e. The summed E-state index contributed by atoms with van der Waals surface area (Å²) in [6.07, 6.45) is 1.42. The zero-order chi connectivity index (χ0) is 15.4. The molecule has 1 aromatic carbocycles. The number of rotatable bonds is 5. The first-order chi connectivity index (χ1) is 10.0. The van der Waals surface area contributed by atoms with E-state index in [1.807, 2.05) is 6.92 Å². The molecule has 0 aliphatic heterocycles. The Morgan fingerprint density at radius 3 is 2.71 bits per heavy atom. The van der Waals surface area contributed by atoms with Crippen LogP contribution in [-0.2, 0) is 16.1 Å². The van der Waals surface area contributed by atoms with Crippen molar-refractivity contribution in [2.24, 2.45) is 0 Å². The molecule has 0 saturated carbocycles. The van der Waals surface area contributed by atoms with Crippen molar-refractivity contribution < 1.29 is 14.3 Å². The highest BCUT2D eigenvalue weighted by Gasteiger charge is 2.12. The van der Waals surface area contributed by atoms with Gasteiger partial charge in [0.1, 0.15) is 12.3 Å². The van der Waals surface area contributed by atoms with Crippen LogP contribution in [0.4, 0.5) is 0 Å². The molecule has 0 radical (unpaired) electrons. The lowest BCUT2D eigenvalue weighted by atomic mass is 10.2. The predicted molar refractivity (Wildman–Crippen MR) is 80.6 cm³/mol. The van der Waals surface area contributed by atoms with Crippen molar-refractivity contribution in [1.82, 2.24) is 4.57 Å². The second-order valence-corrected chi connectivity index (χ2v) is 4.93. The number of ether oxygens (including phenoxy) is 2. The Balaban J connectivity index is 2.50. The van der Waals surface area contributed by atoms with Gasteiger partial charge in [0.25, 0.3) is 0 Å². The standard InChI is InChI=1S/C16H19NO4/c1-4-20-14-7-5-6-12-13(18)8-9-17(16(12)14)10-15(19)21-11(2)3/h5-9,11H,4,10H2,1-3H3. The number of esters is 1. The molecule has 0 aliphatic rings. The maximum absolute atomic E-state index is 12.0. The molecule has 0 aliphatic carbocycles. The number of carbonyl (C=O) groups excluding carboxylic acids is 1. The van der Waals surface area contributed by atoms with Crippen LogP contribution in [0.1, 0.15) is 20.8 Å². The van der Waals surface area contributed by atoms with Gasteiger partial charge in [0.15, 0.2) is 5.43 Å². The van der Waals surface area contributed by atoms with Gasteiger partial charge in [-0.15, -0.1) is 0 Å². The Kier molecular flexibility index (Phi) is 4.62. The number of carbonyl (C=O) groups is 1. The monoisotopic (exact) mass is 289 g/mol. The van der Waals surface area contributed by atoms with Crippen molar-refractivity contribution in [2.75, 3.05) is 6.61 Å². The molecule has 0 fully saturated rings. The van der Waals surface area contributed by atoms with Crippen molar-refractivity contribution in [1.29, 1.82) is 0 Å². The largest absolute Gasteiger partial charge is 0.492 e. The molecule has 112 valence electrons. The molecular formula is C16H19NO4. The summed E-state index contributed by atoms with van der Waals surface area (Å²) in [7, 11) is 0. The van der Waals surface area contributed by atoms with Crippen LogP contribution in [0.25, 0.3) is 10.9 Å². The molecule has 21 heavy (non-hydrogen) atoms. The van der Waals surface area contributed by atoms with Gasteiger partial charge in [-0.2, -0.15) is 0 Å². The van der Waals surface area contributed by atoms with Crippen LogP contribution in [-0.4, -0.2) is 23.2 Å². The lowest BCUT2D eigenvalue weighted by Crippen LogP contribution is -2.19. The molecule has 0 bridgehead atoms. The van der Waals surface area contributed by atoms with Gasteiger partial charge in [-0.25, -0.2) is 0 Å². The molecule has 0 spiro atoms. The van der Waals surface area contributed by atoms with E-state index < -0.39 is 0 Å². The van der Waals surface area contributed by atoms with Gasteiger partial charge in [0, 0.05) is 17.6 Å². The van der Waals surface area contributed by atoms with Crippen molar-refractivity contribution in [3.05, 3.63) is 40.7 Å². The number of pyridine rings is 1. The van der Waals surface area contributed by atoms with E-state index in [9.17, 15) is 9.59 Å². The molecule has 0 N–H and O–H groups in total. The number of para-hydroxylation sites is 1. The quantitative estimate of drug-likeness (QED) is 0.793. The second-order valence-electron chi connectivity index (χ2n) is 4.93. The Morgan fingerprint density at radius 1 is 1.29 bits per heavy atom. The molecule has 0 amide bonds. The number of aromatic nitrogens is 1. The average Bonchev–Trinajstić information content (AvgIpc) is 2.42. The van der Waals surface area contributed by atoms with E-state index in [1.54, 1.807) is 42.8 Å². The molecule has 0 saturated heterocycles. The van der Waals surface area contributed by atoms with Gasteiger partial charge in [-0.3, -0.25) is 9.59 Å². The highest BCUT2D eigenvalue weighted by atomic mass is 16.5. The van der Waals surface area contributed by atoms with Gasteiger partial charge in [0.2, 0.25) is 0 Å². The number of benzene rings is 1. The van der Waals surface area contributed by atoms with Gasteiger partial charge in [-0.1, -0.05) is 6.07 Å². The fourth-order valence-electron chi connectivity index (χ4n) is 2.18. The Morgan fingerprint density at radius 2 is 2.05 bits per heavy atom. The van der Waals surface area contributed by atoms with Crippen molar-refractivity contribution in [2.45, 2.75) is 33.4 Å². The Hall–Kier alpha value is -2.30. The lowest BCUT2D eigenvalue weighted by molar-refractivity contribution is -0.148. The SMILES string of the molecule is CCOc1cccc2c(=O)ccn(CC(=O)OC(C)C)c12. The molecule has 5 heteroatoms. The summed E-state index contributed by atoms with van der Waals surface area (Å²) >= 11 is 0. The van der Waals surface area contributed by atoms with E-state index in [0.717, 1.165) is 0 Å². The first-order valence-corrected chi connectivity index (χ1v) is 6.97. The maximum Gasteiger partial charge on any atom is 0.326 e. The van der Waals surface area contributed by atoms with E-state index in [2.05, 4.69) is 0 Å². The summed E-state index contributed by atoms with van der Waals surface area (Å²) in [5, 5.41) is 0.529. The summed E-state index contributed by atoms with van der Waals surface area (Å²) < 4.78 is 12.4. The van der Waals surface area contributed by atoms with Crippen LogP contribution in [0.3, 0.4) is 0 Å². The normalized spacial score (nSPS) is 10.9. The van der Waals surface area contributed by atoms with Gasteiger partial charge < -0.3 is 14.0 Å². The number of nitrogens with zero attached hydrogens (tertiary/aromatic N) is 1. The second kappa shape index (κ2) is 6.43. The van der Waals surface area contributed by atoms with Crippen LogP contribution in [0.15, 0.2) is 35.3 Å². The van der Waals surface area contributed by atoms with E-state index >= 15 is 0 Å². The van der Waals surface area contributed by atoms with Crippen molar-refractivity contribution in [3.63, 3.8) is 0 Å². The first kappa shape index (κ1) is 15.1. The van der Waals surface area contributed by atoms with Gasteiger partial charge >= 0.3 is 5.97 Å². The third-order valence-electron chi connectivity index (χ3n) is 2.92. The maximum atomic E-state index is 12.0. The smallest absolute Gasteiger partial charge is 0.326 e. The Bertz CT molecular complexity index is 703. The summed E-state index contributed by atoms with van der Waals surface area (Å²) in [6.45, 7) is 6.00. The number of hydrogen-bond acceptors (Lipinski definition) is 4. The van der Waals surface area contributed by atoms with Gasteiger partial charge in [-0.05, 0) is 32.9 Å². The fourth-order valence-corrected chi connectivity index (χ4v) is 2.18. The minimum absolute atomic E-state index is 0.0407. The fraction of sp³-hybridized carbons (Fsp3) is 0.375. The summed E-state index contributed by atoms with van der Waals surface area (Å²) in [5.74, 6) is 0.242. The molecular weight excluding hydrogens is 270 g/mol. The molecule has 1 aromatic heterocycles. The molecule has 2 rings (SSSR count). The van der Waals surface area contributed by atoms with E-state index in [0.29, 0.717) is 23.3 Å². The molecule has 0 unspecified atom stereocenters. The molecule has 0 atom stereocenters. The highest BCUT2D eigenvalue weighted by molar-refractivity contribution is 5.86. The highest BCUT2D eigenvalue weighted by Crippen LogP contribution is 2.23. The summed E-state index contributed by atoms with van der Waals surface area (Å²) in [5.41, 5.74) is 0.521. The molecule has 1 heterocycles. The van der Waals surface area contributed by atoms with Crippen LogP contribution < -0.4 is 10.2 Å². The number of fused-ring (bicyclic) bond motifs is 1. The first-order valence-electron chi connectivity index (χ1n) is 6.97. The zero-order valence-corrected chi connectivity index (χ0v) is 12.5. The number of hydrogen-bond donors (Lipinski definition) is 0. The third kappa shape index (κ3) is 3.42. The zero-order valence-electron chi connectivity index (χ0n) is 12.5. The van der Waals surface area contributed by atoms with Crippen molar-refractivity contribution >= 4 is 16.9 Å². The Labute approximate surface area is 123 Å². The third-order valence-corrected chi connectivity index (χ3v) is 2.92. The average molecular weight is 289 g/mol. The van der Waals surface area contributed by atoms with Gasteiger partial charge in [0.05, 0.1) is 18.2 Å². The molecule has 2 aromatic rings. The lowest BCUT2D eigenvalue weighted by Gasteiger charge is -2.15. The van der Waals surface area contributed by atoms with Crippen LogP contribution in [0.2, 0.25) is 0 Å². The van der Waals surface area contributed by atoms with Crippen molar-refractivity contribution in [3.8, 4) is 5.75 Å². The molecule has 5 nitrogen and oxygen atoms in total. The van der Waals surface area contributed by atoms with E-state index in [1.165, 1.54) is 6.07 Å². The minimum atomic E-state index is -0.346. The van der Waals surface area contributed by atoms with E-state index in [-0.39, 0.29) is 24.0 Å². The van der Waals surface area contributed by atoms with E-state index in [4.69, 9.17) is 9.47 Å². The summed E-state index contributed by atoms with van der Waals surface area (Å²) in [6, 6.07) is 6.73. The predicted octanol–water partition coefficient (Wildman–Crippen LogP) is 2.35. The van der Waals surface area contributed by atoms with Crippen LogP contribution >= 0.6 is 0 Å². The topological polar surface area (TPSA) is 57.5 Å². The van der Waals surface area contributed by atoms with Crippen LogP contribution in [0.5, 0.6) is 5.75 Å².